The summed E-state index contributed by atoms with van der Waals surface area (Å²) in [5.41, 5.74) is 0.743. The molecule has 0 saturated heterocycles. The smallest absolute Gasteiger partial charge is 0.170 e. The third-order valence-electron chi connectivity index (χ3n) is 1.48. The number of Topliss-reactive ketones (excluding diaryl/α,β-unsaturated/α-hetero) is 1. The van der Waals surface area contributed by atoms with E-state index in [1.807, 2.05) is 6.07 Å². The van der Waals surface area contributed by atoms with E-state index in [9.17, 15) is 4.79 Å². The number of nitriles is 1. The van der Waals surface area contributed by atoms with E-state index in [-0.39, 0.29) is 11.4 Å². The van der Waals surface area contributed by atoms with Gasteiger partial charge >= 0.3 is 0 Å². The summed E-state index contributed by atoms with van der Waals surface area (Å²) in [6.45, 7) is 1.36. The lowest BCUT2D eigenvalue weighted by molar-refractivity contribution is -0.113. The van der Waals surface area contributed by atoms with Crippen LogP contribution in [0.5, 0.6) is 0 Å². The van der Waals surface area contributed by atoms with E-state index in [1.165, 1.54) is 13.0 Å². The van der Waals surface area contributed by atoms with Gasteiger partial charge in [0.1, 0.15) is 6.07 Å². The standard InChI is InChI=1S/C10H8N2O/c1-8(13)9(7-11)6-10-4-2-3-5-12-10/h2-6H,1H3/b9-6+. The molecule has 1 rings (SSSR count). The Bertz CT molecular complexity index is 374. The van der Waals surface area contributed by atoms with Crippen LogP contribution in [0.15, 0.2) is 30.0 Å². The predicted octanol–water partition coefficient (Wildman–Crippen LogP) is 1.58. The Balaban J connectivity index is 3.01. The van der Waals surface area contributed by atoms with E-state index in [0.717, 1.165) is 0 Å². The maximum atomic E-state index is 10.9. The Morgan fingerprint density at radius 3 is 2.85 bits per heavy atom. The van der Waals surface area contributed by atoms with Gasteiger partial charge in [-0.2, -0.15) is 5.26 Å². The first-order valence-corrected chi connectivity index (χ1v) is 3.78. The molecule has 0 atom stereocenters. The Morgan fingerprint density at radius 1 is 1.62 bits per heavy atom. The number of hydrogen-bond donors (Lipinski definition) is 0. The number of rotatable bonds is 2. The van der Waals surface area contributed by atoms with Gasteiger partial charge in [0, 0.05) is 6.20 Å². The zero-order valence-electron chi connectivity index (χ0n) is 7.19. The molecule has 3 nitrogen and oxygen atoms in total. The summed E-state index contributed by atoms with van der Waals surface area (Å²) in [5.74, 6) is -0.242. The average molecular weight is 172 g/mol. The summed E-state index contributed by atoms with van der Waals surface area (Å²) in [7, 11) is 0. The molecule has 0 fully saturated rings. The van der Waals surface area contributed by atoms with Crippen molar-refractivity contribution in [3.05, 3.63) is 35.7 Å². The summed E-state index contributed by atoms with van der Waals surface area (Å²) in [5, 5.41) is 8.59. The van der Waals surface area contributed by atoms with Crippen LogP contribution in [-0.2, 0) is 4.79 Å². The molecule has 1 aromatic heterocycles. The molecule has 0 aliphatic heterocycles. The number of aromatic nitrogens is 1. The van der Waals surface area contributed by atoms with Crippen LogP contribution in [-0.4, -0.2) is 10.8 Å². The van der Waals surface area contributed by atoms with Crippen LogP contribution in [0.3, 0.4) is 0 Å². The van der Waals surface area contributed by atoms with E-state index in [2.05, 4.69) is 4.98 Å². The van der Waals surface area contributed by atoms with E-state index in [4.69, 9.17) is 5.26 Å². The fourth-order valence-electron chi connectivity index (χ4n) is 0.822. The minimum atomic E-state index is -0.242. The first-order chi connectivity index (χ1) is 6.24. The largest absolute Gasteiger partial charge is 0.294 e. The summed E-state index contributed by atoms with van der Waals surface area (Å²) < 4.78 is 0. The quantitative estimate of drug-likeness (QED) is 0.502. The normalized spacial score (nSPS) is 10.6. The Morgan fingerprint density at radius 2 is 2.38 bits per heavy atom. The molecule has 0 radical (unpaired) electrons. The third kappa shape index (κ3) is 2.53. The molecule has 0 N–H and O–H groups in total. The maximum absolute atomic E-state index is 10.9. The molecule has 3 heteroatoms. The van der Waals surface area contributed by atoms with Crippen LogP contribution in [0.25, 0.3) is 6.08 Å². The maximum Gasteiger partial charge on any atom is 0.170 e. The first-order valence-electron chi connectivity index (χ1n) is 3.78. The number of carbonyl (C=O) groups is 1. The summed E-state index contributed by atoms with van der Waals surface area (Å²) >= 11 is 0. The van der Waals surface area contributed by atoms with Gasteiger partial charge in [-0.15, -0.1) is 0 Å². The lowest BCUT2D eigenvalue weighted by atomic mass is 10.1. The number of allylic oxidation sites excluding steroid dienone is 1. The van der Waals surface area contributed by atoms with Gasteiger partial charge in [-0.3, -0.25) is 9.78 Å². The van der Waals surface area contributed by atoms with E-state index >= 15 is 0 Å². The third-order valence-corrected chi connectivity index (χ3v) is 1.48. The van der Waals surface area contributed by atoms with Crippen molar-refractivity contribution >= 4 is 11.9 Å². The van der Waals surface area contributed by atoms with E-state index in [0.29, 0.717) is 5.69 Å². The molecule has 0 aromatic carbocycles. The highest BCUT2D eigenvalue weighted by Gasteiger charge is 2.01. The van der Waals surface area contributed by atoms with Crippen molar-refractivity contribution in [2.45, 2.75) is 6.92 Å². The molecule has 0 bridgehead atoms. The zero-order chi connectivity index (χ0) is 9.68. The van der Waals surface area contributed by atoms with Gasteiger partial charge in [0.05, 0.1) is 11.3 Å². The molecular formula is C10H8N2O. The van der Waals surface area contributed by atoms with Gasteiger partial charge in [0.15, 0.2) is 5.78 Å². The second-order valence-corrected chi connectivity index (χ2v) is 2.48. The number of ketones is 1. The predicted molar refractivity (Wildman–Crippen MR) is 48.5 cm³/mol. The van der Waals surface area contributed by atoms with Crippen molar-refractivity contribution in [2.75, 3.05) is 0 Å². The highest BCUT2D eigenvalue weighted by Crippen LogP contribution is 2.03. The Hall–Kier alpha value is -1.95. The van der Waals surface area contributed by atoms with Gasteiger partial charge in [-0.25, -0.2) is 0 Å². The summed E-state index contributed by atoms with van der Waals surface area (Å²) in [4.78, 5) is 14.8. The van der Waals surface area contributed by atoms with Crippen molar-refractivity contribution in [2.24, 2.45) is 0 Å². The van der Waals surface area contributed by atoms with Crippen LogP contribution in [0.4, 0.5) is 0 Å². The van der Waals surface area contributed by atoms with Crippen LogP contribution >= 0.6 is 0 Å². The molecule has 0 unspecified atom stereocenters. The fraction of sp³-hybridized carbons (Fsp3) is 0.100. The molecule has 1 heterocycles. The van der Waals surface area contributed by atoms with Crippen LogP contribution in [0.2, 0.25) is 0 Å². The van der Waals surface area contributed by atoms with Crippen LogP contribution in [0, 0.1) is 11.3 Å². The molecule has 0 aliphatic carbocycles. The summed E-state index contributed by atoms with van der Waals surface area (Å²) in [6.07, 6.45) is 3.09. The molecule has 0 saturated carbocycles. The SMILES string of the molecule is CC(=O)/C(C#N)=C/c1ccccn1. The van der Waals surface area contributed by atoms with Crippen molar-refractivity contribution in [3.8, 4) is 6.07 Å². The molecule has 1 aromatic rings. The lowest BCUT2D eigenvalue weighted by Gasteiger charge is -1.91. The monoisotopic (exact) mass is 172 g/mol. The summed E-state index contributed by atoms with van der Waals surface area (Å²) in [6, 6.07) is 7.13. The topological polar surface area (TPSA) is 53.8 Å². The van der Waals surface area contributed by atoms with Crippen LogP contribution < -0.4 is 0 Å². The van der Waals surface area contributed by atoms with Gasteiger partial charge in [-0.05, 0) is 25.1 Å². The highest BCUT2D eigenvalue weighted by atomic mass is 16.1. The number of carbonyl (C=O) groups excluding carboxylic acids is 1. The molecule has 0 aliphatic rings. The highest BCUT2D eigenvalue weighted by molar-refractivity contribution is 6.01. The number of pyridine rings is 1. The average Bonchev–Trinajstić information content (AvgIpc) is 2.15. The minimum Gasteiger partial charge on any atom is -0.294 e. The fourth-order valence-corrected chi connectivity index (χ4v) is 0.822. The molecular weight excluding hydrogens is 164 g/mol. The van der Waals surface area contributed by atoms with Crippen molar-refractivity contribution in [1.29, 1.82) is 5.26 Å². The first kappa shape index (κ1) is 9.14. The second kappa shape index (κ2) is 4.17. The minimum absolute atomic E-state index is 0.124. The Kier molecular flexibility index (Phi) is 2.93. The second-order valence-electron chi connectivity index (χ2n) is 2.48. The van der Waals surface area contributed by atoms with E-state index < -0.39 is 0 Å². The number of nitrogens with zero attached hydrogens (tertiary/aromatic N) is 2. The molecule has 0 spiro atoms. The van der Waals surface area contributed by atoms with Crippen molar-refractivity contribution in [1.82, 2.24) is 4.98 Å². The number of hydrogen-bond acceptors (Lipinski definition) is 3. The van der Waals surface area contributed by atoms with Gasteiger partial charge in [-0.1, -0.05) is 6.07 Å². The van der Waals surface area contributed by atoms with Gasteiger partial charge in [0.2, 0.25) is 0 Å². The van der Waals surface area contributed by atoms with Gasteiger partial charge < -0.3 is 0 Å². The Labute approximate surface area is 76.3 Å². The van der Waals surface area contributed by atoms with Crippen molar-refractivity contribution in [3.63, 3.8) is 0 Å². The molecule has 64 valence electrons. The lowest BCUT2D eigenvalue weighted by Crippen LogP contribution is -1.93. The molecule has 0 amide bonds. The van der Waals surface area contributed by atoms with Gasteiger partial charge in [0.25, 0.3) is 0 Å². The van der Waals surface area contributed by atoms with Crippen LogP contribution in [0.1, 0.15) is 12.6 Å². The zero-order valence-corrected chi connectivity index (χ0v) is 7.19. The van der Waals surface area contributed by atoms with Crippen molar-refractivity contribution < 1.29 is 4.79 Å². The van der Waals surface area contributed by atoms with E-state index in [1.54, 1.807) is 24.4 Å². The molecule has 13 heavy (non-hydrogen) atoms.